The van der Waals surface area contributed by atoms with Gasteiger partial charge in [0.2, 0.25) is 5.91 Å². The lowest BCUT2D eigenvalue weighted by atomic mass is 10.0. The van der Waals surface area contributed by atoms with Gasteiger partial charge in [-0.3, -0.25) is 9.59 Å². The molecule has 1 saturated heterocycles. The van der Waals surface area contributed by atoms with Gasteiger partial charge in [-0.2, -0.15) is 13.2 Å². The van der Waals surface area contributed by atoms with E-state index in [0.717, 1.165) is 42.7 Å². The number of benzene rings is 2. The van der Waals surface area contributed by atoms with E-state index in [0.29, 0.717) is 18.0 Å². The third-order valence-electron chi connectivity index (χ3n) is 5.24. The van der Waals surface area contributed by atoms with E-state index in [1.807, 2.05) is 6.07 Å². The number of carbonyl (C=O) groups excluding carboxylic acids is 2. The molecule has 1 atom stereocenters. The molecule has 2 amide bonds. The summed E-state index contributed by atoms with van der Waals surface area (Å²) in [7, 11) is 3.11. The zero-order valence-electron chi connectivity index (χ0n) is 17.2. The summed E-state index contributed by atoms with van der Waals surface area (Å²) in [4.78, 5) is 26.7. The van der Waals surface area contributed by atoms with Crippen molar-refractivity contribution in [1.29, 1.82) is 0 Å². The van der Waals surface area contributed by atoms with Gasteiger partial charge in [-0.25, -0.2) is 0 Å². The highest BCUT2D eigenvalue weighted by molar-refractivity contribution is 5.96. The zero-order chi connectivity index (χ0) is 22.6. The molecule has 1 aliphatic heterocycles. The first-order chi connectivity index (χ1) is 14.7. The van der Waals surface area contributed by atoms with Gasteiger partial charge in [-0.15, -0.1) is 0 Å². The zero-order valence-corrected chi connectivity index (χ0v) is 17.2. The van der Waals surface area contributed by atoms with Crippen LogP contribution in [0.15, 0.2) is 42.5 Å². The molecule has 1 heterocycles. The van der Waals surface area contributed by atoms with Crippen LogP contribution in [0, 0.1) is 0 Å². The fourth-order valence-electron chi connectivity index (χ4n) is 3.66. The van der Waals surface area contributed by atoms with Gasteiger partial charge in [0.15, 0.2) is 0 Å². The fraction of sp³-hybridized carbons (Fsp3) is 0.364. The Morgan fingerprint density at radius 3 is 2.42 bits per heavy atom. The highest BCUT2D eigenvalue weighted by Crippen LogP contribution is 2.38. The van der Waals surface area contributed by atoms with Crippen molar-refractivity contribution in [3.8, 4) is 11.5 Å². The third kappa shape index (κ3) is 5.10. The van der Waals surface area contributed by atoms with E-state index in [4.69, 9.17) is 9.47 Å². The van der Waals surface area contributed by atoms with Crippen molar-refractivity contribution >= 4 is 11.8 Å². The van der Waals surface area contributed by atoms with Crippen LogP contribution in [0.3, 0.4) is 0 Å². The molecule has 0 unspecified atom stereocenters. The lowest BCUT2D eigenvalue weighted by Gasteiger charge is -2.27. The van der Waals surface area contributed by atoms with Crippen molar-refractivity contribution in [2.45, 2.75) is 25.1 Å². The number of methoxy groups -OCH3 is 2. The van der Waals surface area contributed by atoms with Gasteiger partial charge in [0.05, 0.1) is 32.4 Å². The molecule has 0 saturated carbocycles. The van der Waals surface area contributed by atoms with Crippen LogP contribution in [-0.2, 0) is 11.0 Å². The molecule has 2 aromatic carbocycles. The van der Waals surface area contributed by atoms with Gasteiger partial charge >= 0.3 is 6.18 Å². The average molecular weight is 436 g/mol. The van der Waals surface area contributed by atoms with E-state index in [2.05, 4.69) is 5.32 Å². The molecular formula is C22H23F3N2O4. The number of amides is 2. The number of rotatable bonds is 6. The van der Waals surface area contributed by atoms with Crippen LogP contribution in [0.1, 0.15) is 40.4 Å². The monoisotopic (exact) mass is 436 g/mol. The fourth-order valence-corrected chi connectivity index (χ4v) is 3.66. The van der Waals surface area contributed by atoms with E-state index in [9.17, 15) is 22.8 Å². The van der Waals surface area contributed by atoms with Crippen LogP contribution in [-0.4, -0.2) is 44.0 Å². The van der Waals surface area contributed by atoms with Crippen molar-refractivity contribution in [2.75, 3.05) is 27.3 Å². The Morgan fingerprint density at radius 2 is 1.81 bits per heavy atom. The highest BCUT2D eigenvalue weighted by atomic mass is 19.4. The Hall–Kier alpha value is -3.23. The minimum absolute atomic E-state index is 0.0493. The largest absolute Gasteiger partial charge is 0.497 e. The molecule has 6 nitrogen and oxygen atoms in total. The quantitative estimate of drug-likeness (QED) is 0.748. The van der Waals surface area contributed by atoms with Crippen molar-refractivity contribution < 1.29 is 32.2 Å². The van der Waals surface area contributed by atoms with Crippen LogP contribution < -0.4 is 14.8 Å². The van der Waals surface area contributed by atoms with Gasteiger partial charge in [-0.1, -0.05) is 0 Å². The molecule has 1 N–H and O–H groups in total. The molecule has 0 spiro atoms. The number of halogens is 3. The standard InChI is InChI=1S/C22H23F3N2O4/c1-30-16-9-10-19(31-2)17(12-16)18-4-3-11-27(18)20(28)13-26-21(29)14-5-7-15(8-6-14)22(23,24)25/h5-10,12,18H,3-4,11,13H2,1-2H3,(H,26,29)/t18-/m0/s1. The van der Waals surface area contributed by atoms with Crippen LogP contribution in [0.25, 0.3) is 0 Å². The van der Waals surface area contributed by atoms with Crippen LogP contribution >= 0.6 is 0 Å². The molecule has 9 heteroatoms. The van der Waals surface area contributed by atoms with E-state index in [1.54, 1.807) is 31.3 Å². The van der Waals surface area contributed by atoms with E-state index in [-0.39, 0.29) is 24.1 Å². The van der Waals surface area contributed by atoms with Gasteiger partial charge in [0, 0.05) is 17.7 Å². The Bertz CT molecular complexity index is 945. The maximum Gasteiger partial charge on any atom is 0.416 e. The smallest absolute Gasteiger partial charge is 0.416 e. The minimum atomic E-state index is -4.48. The molecule has 3 rings (SSSR count). The number of nitrogens with zero attached hydrogens (tertiary/aromatic N) is 1. The maximum absolute atomic E-state index is 12.8. The average Bonchev–Trinajstić information content (AvgIpc) is 3.26. The number of hydrogen-bond donors (Lipinski definition) is 1. The predicted octanol–water partition coefficient (Wildman–Crippen LogP) is 3.82. The molecule has 2 aromatic rings. The summed E-state index contributed by atoms with van der Waals surface area (Å²) in [6.07, 6.45) is -2.94. The number of nitrogens with one attached hydrogen (secondary N) is 1. The van der Waals surface area contributed by atoms with E-state index < -0.39 is 17.6 Å². The summed E-state index contributed by atoms with van der Waals surface area (Å²) in [6.45, 7) is 0.267. The highest BCUT2D eigenvalue weighted by Gasteiger charge is 2.33. The lowest BCUT2D eigenvalue weighted by Crippen LogP contribution is -2.40. The van der Waals surface area contributed by atoms with Crippen LogP contribution in [0.4, 0.5) is 13.2 Å². The third-order valence-corrected chi connectivity index (χ3v) is 5.24. The molecule has 1 fully saturated rings. The number of hydrogen-bond acceptors (Lipinski definition) is 4. The second kappa shape index (κ2) is 9.28. The SMILES string of the molecule is COc1ccc(OC)c([C@@H]2CCCN2C(=O)CNC(=O)c2ccc(C(F)(F)F)cc2)c1. The van der Waals surface area contributed by atoms with E-state index >= 15 is 0 Å². The normalized spacial score (nSPS) is 16.2. The summed E-state index contributed by atoms with van der Waals surface area (Å²) in [5, 5.41) is 2.49. The molecule has 1 aliphatic rings. The molecular weight excluding hydrogens is 413 g/mol. The summed E-state index contributed by atoms with van der Waals surface area (Å²) < 4.78 is 48.7. The molecule has 0 aromatic heterocycles. The van der Waals surface area contributed by atoms with Gasteiger partial charge in [-0.05, 0) is 55.3 Å². The Morgan fingerprint density at radius 1 is 1.10 bits per heavy atom. The molecule has 31 heavy (non-hydrogen) atoms. The topological polar surface area (TPSA) is 67.9 Å². The van der Waals surface area contributed by atoms with Crippen LogP contribution in [0.2, 0.25) is 0 Å². The lowest BCUT2D eigenvalue weighted by molar-refractivity contribution is -0.137. The Kier molecular flexibility index (Phi) is 6.72. The number of carbonyl (C=O) groups is 2. The van der Waals surface area contributed by atoms with Crippen molar-refractivity contribution in [3.63, 3.8) is 0 Å². The van der Waals surface area contributed by atoms with Gasteiger partial charge in [0.1, 0.15) is 11.5 Å². The Labute approximate surface area is 177 Å². The summed E-state index contributed by atoms with van der Waals surface area (Å²) in [5.41, 5.74) is 0.0299. The molecule has 0 radical (unpaired) electrons. The number of likely N-dealkylation sites (tertiary alicyclic amines) is 1. The van der Waals surface area contributed by atoms with Crippen molar-refractivity contribution in [1.82, 2.24) is 10.2 Å². The maximum atomic E-state index is 12.8. The van der Waals surface area contributed by atoms with E-state index in [1.165, 1.54) is 0 Å². The first-order valence-corrected chi connectivity index (χ1v) is 9.71. The second-order valence-electron chi connectivity index (χ2n) is 7.11. The summed E-state index contributed by atoms with van der Waals surface area (Å²) in [5.74, 6) is 0.384. The first-order valence-electron chi connectivity index (χ1n) is 9.71. The summed E-state index contributed by atoms with van der Waals surface area (Å²) >= 11 is 0. The Balaban J connectivity index is 1.67. The van der Waals surface area contributed by atoms with Crippen molar-refractivity contribution in [2.24, 2.45) is 0 Å². The van der Waals surface area contributed by atoms with Gasteiger partial charge < -0.3 is 19.7 Å². The number of alkyl halides is 3. The van der Waals surface area contributed by atoms with Gasteiger partial charge in [0.25, 0.3) is 5.91 Å². The molecule has 0 aliphatic carbocycles. The van der Waals surface area contributed by atoms with Crippen molar-refractivity contribution in [3.05, 3.63) is 59.2 Å². The predicted molar refractivity (Wildman–Crippen MR) is 107 cm³/mol. The molecule has 166 valence electrons. The second-order valence-corrected chi connectivity index (χ2v) is 7.11. The number of ether oxygens (including phenoxy) is 2. The molecule has 0 bridgehead atoms. The van der Waals surface area contributed by atoms with Crippen LogP contribution in [0.5, 0.6) is 11.5 Å². The minimum Gasteiger partial charge on any atom is -0.497 e. The summed E-state index contributed by atoms with van der Waals surface area (Å²) in [6, 6.07) is 9.00. The first kappa shape index (κ1) is 22.5.